The van der Waals surface area contributed by atoms with Crippen LogP contribution in [0, 0.1) is 7.14 Å². The fourth-order valence-corrected chi connectivity index (χ4v) is 6.00. The Hall–Kier alpha value is -1.97. The number of carbonyl (C=O) groups is 1. The van der Waals surface area contributed by atoms with Gasteiger partial charge in [-0.1, -0.05) is 0 Å². The molecule has 2 rings (SSSR count). The minimum atomic E-state index is -5.05. The quantitative estimate of drug-likeness (QED) is 0.634. The summed E-state index contributed by atoms with van der Waals surface area (Å²) in [7, 11) is 2.86. The average Bonchev–Trinajstić information content (AvgIpc) is 2.58. The molecule has 0 aliphatic carbocycles. The number of hydrogen-bond acceptors (Lipinski definition) is 4. The van der Waals surface area contributed by atoms with E-state index in [0.717, 1.165) is 0 Å². The first kappa shape index (κ1) is 18.4. The molecule has 0 saturated heterocycles. The van der Waals surface area contributed by atoms with Crippen LogP contribution in [-0.4, -0.2) is 26.4 Å². The second-order valence-electron chi connectivity index (χ2n) is 4.41. The van der Waals surface area contributed by atoms with Crippen LogP contribution in [0.5, 0.6) is 11.5 Å². The fraction of sp³-hybridized carbons (Fsp3) is 0.188. The van der Waals surface area contributed by atoms with Gasteiger partial charge in [0.25, 0.3) is 0 Å². The Morgan fingerprint density at radius 3 is 2.21 bits per heavy atom. The van der Waals surface area contributed by atoms with E-state index >= 15 is 0 Å². The zero-order chi connectivity index (χ0) is 17.7. The van der Waals surface area contributed by atoms with Gasteiger partial charge in [0, 0.05) is 0 Å². The average molecular weight is 454 g/mol. The Balaban J connectivity index is 2.49. The van der Waals surface area contributed by atoms with Crippen molar-refractivity contribution >= 4 is 26.2 Å². The maximum atomic E-state index is 12.6. The van der Waals surface area contributed by atoms with Crippen LogP contribution < -0.4 is 9.47 Å². The van der Waals surface area contributed by atoms with Crippen molar-refractivity contribution in [3.63, 3.8) is 0 Å². The molecule has 0 radical (unpaired) electrons. The summed E-state index contributed by atoms with van der Waals surface area (Å²) in [4.78, 5) is 11.4. The van der Waals surface area contributed by atoms with Gasteiger partial charge in [-0.2, -0.15) is 0 Å². The van der Waals surface area contributed by atoms with E-state index in [0.29, 0.717) is 18.6 Å². The van der Waals surface area contributed by atoms with Crippen LogP contribution in [0.2, 0.25) is 0 Å². The van der Waals surface area contributed by atoms with Crippen LogP contribution in [0.1, 0.15) is 0 Å². The third kappa shape index (κ3) is 4.31. The van der Waals surface area contributed by atoms with E-state index in [1.807, 2.05) is 0 Å². The van der Waals surface area contributed by atoms with Gasteiger partial charge in [-0.15, -0.1) is 0 Å². The number of benzene rings is 2. The summed E-state index contributed by atoms with van der Waals surface area (Å²) in [6.07, 6.45) is -5.05. The second kappa shape index (κ2) is 7.73. The number of carbonyl (C=O) groups excluding carboxylic acids is 1. The van der Waals surface area contributed by atoms with Crippen molar-refractivity contribution in [1.82, 2.24) is 0 Å². The number of hydrogen-bond donors (Lipinski definition) is 0. The molecule has 2 aromatic carbocycles. The molecule has 0 unspecified atom stereocenters. The molecule has 0 spiro atoms. The van der Waals surface area contributed by atoms with E-state index < -0.39 is 32.4 Å². The number of methoxy groups -OCH3 is 2. The Kier molecular flexibility index (Phi) is 5.92. The zero-order valence-corrected chi connectivity index (χ0v) is 14.9. The first-order valence-electron chi connectivity index (χ1n) is 6.63. The summed E-state index contributed by atoms with van der Waals surface area (Å²) < 4.78 is 54.1. The van der Waals surface area contributed by atoms with Crippen molar-refractivity contribution in [1.29, 1.82) is 0 Å². The summed E-state index contributed by atoms with van der Waals surface area (Å²) >= 11 is -3.16. The molecule has 0 saturated carbocycles. The number of rotatable bonds is 5. The second-order valence-corrected chi connectivity index (χ2v) is 8.68. The van der Waals surface area contributed by atoms with Crippen LogP contribution in [0.4, 0.5) is 13.2 Å². The van der Waals surface area contributed by atoms with Crippen LogP contribution in [0.3, 0.4) is 0 Å². The van der Waals surface area contributed by atoms with Crippen molar-refractivity contribution in [3.05, 3.63) is 55.7 Å². The van der Waals surface area contributed by atoms with E-state index in [9.17, 15) is 18.0 Å². The van der Waals surface area contributed by atoms with Gasteiger partial charge < -0.3 is 0 Å². The molecule has 0 aromatic heterocycles. The number of halogens is 4. The van der Waals surface area contributed by atoms with Gasteiger partial charge in [-0.3, -0.25) is 0 Å². The molecule has 2 aromatic rings. The van der Waals surface area contributed by atoms with Gasteiger partial charge >= 0.3 is 144 Å². The van der Waals surface area contributed by atoms with Gasteiger partial charge in [0.15, 0.2) is 0 Å². The van der Waals surface area contributed by atoms with Gasteiger partial charge in [0.2, 0.25) is 0 Å². The summed E-state index contributed by atoms with van der Waals surface area (Å²) in [5.41, 5.74) is 0. The van der Waals surface area contributed by atoms with Crippen LogP contribution in [0.25, 0.3) is 0 Å². The standard InChI is InChI=1S/C16H14F3IO4/c1-22-12-8-9-13(14(10-12)23-2)20(11-6-4-3-5-7-11)24-15(21)16(17,18)19/h3-10H,1-2H3. The maximum absolute atomic E-state index is 12.6. The monoisotopic (exact) mass is 454 g/mol. The molecule has 8 heteroatoms. The summed E-state index contributed by atoms with van der Waals surface area (Å²) in [6, 6.07) is 13.1. The molecule has 0 amide bonds. The summed E-state index contributed by atoms with van der Waals surface area (Å²) in [5.74, 6) is -1.39. The Morgan fingerprint density at radius 2 is 1.67 bits per heavy atom. The van der Waals surface area contributed by atoms with Gasteiger partial charge in [0.05, 0.1) is 0 Å². The summed E-state index contributed by atoms with van der Waals surface area (Å²) in [6.45, 7) is 0. The molecule has 0 bridgehead atoms. The number of alkyl halides is 3. The fourth-order valence-electron chi connectivity index (χ4n) is 1.76. The predicted molar refractivity (Wildman–Crippen MR) is 89.5 cm³/mol. The Bertz CT molecular complexity index is 704. The van der Waals surface area contributed by atoms with E-state index in [1.54, 1.807) is 48.5 Å². The molecule has 0 aliphatic rings. The molecule has 0 fully saturated rings. The molecule has 0 aliphatic heterocycles. The Morgan fingerprint density at radius 1 is 1.00 bits per heavy atom. The molecule has 0 heterocycles. The molecule has 0 N–H and O–H groups in total. The van der Waals surface area contributed by atoms with Gasteiger partial charge in [-0.25, -0.2) is 0 Å². The van der Waals surface area contributed by atoms with Crippen molar-refractivity contribution in [2.24, 2.45) is 0 Å². The third-order valence-electron chi connectivity index (χ3n) is 2.85. The molecule has 0 atom stereocenters. The topological polar surface area (TPSA) is 44.8 Å². The molecule has 130 valence electrons. The van der Waals surface area contributed by atoms with Crippen LogP contribution >= 0.6 is 20.2 Å². The van der Waals surface area contributed by atoms with Crippen molar-refractivity contribution < 1.29 is 30.5 Å². The first-order chi connectivity index (χ1) is 11.4. The predicted octanol–water partition coefficient (Wildman–Crippen LogP) is 4.27. The molecule has 24 heavy (non-hydrogen) atoms. The van der Waals surface area contributed by atoms with Crippen LogP contribution in [-0.2, 0) is 7.86 Å². The Labute approximate surface area is 144 Å². The molecular formula is C16H14F3IO4. The van der Waals surface area contributed by atoms with Crippen molar-refractivity contribution in [2.75, 3.05) is 14.2 Å². The van der Waals surface area contributed by atoms with Crippen molar-refractivity contribution in [2.45, 2.75) is 6.18 Å². The SMILES string of the molecule is COc1ccc(I(OC(=O)C(F)(F)F)c2ccccc2)c(OC)c1. The van der Waals surface area contributed by atoms with E-state index in [4.69, 9.17) is 12.5 Å². The summed E-state index contributed by atoms with van der Waals surface area (Å²) in [5, 5.41) is 0. The normalized spacial score (nSPS) is 11.6. The van der Waals surface area contributed by atoms with Crippen LogP contribution in [0.15, 0.2) is 48.5 Å². The third-order valence-corrected chi connectivity index (χ3v) is 7.49. The van der Waals surface area contributed by atoms with Gasteiger partial charge in [0.1, 0.15) is 0 Å². The van der Waals surface area contributed by atoms with E-state index in [-0.39, 0.29) is 0 Å². The van der Waals surface area contributed by atoms with E-state index in [2.05, 4.69) is 0 Å². The first-order valence-corrected chi connectivity index (χ1v) is 9.67. The number of ether oxygens (including phenoxy) is 2. The minimum absolute atomic E-state index is 0.318. The van der Waals surface area contributed by atoms with E-state index in [1.165, 1.54) is 14.2 Å². The zero-order valence-electron chi connectivity index (χ0n) is 12.8. The molecule has 4 nitrogen and oxygen atoms in total. The van der Waals surface area contributed by atoms with Gasteiger partial charge in [-0.05, 0) is 0 Å². The molecular weight excluding hydrogens is 440 g/mol. The van der Waals surface area contributed by atoms with Crippen molar-refractivity contribution in [3.8, 4) is 11.5 Å².